The van der Waals surface area contributed by atoms with Gasteiger partial charge >= 0.3 is 0 Å². The molecule has 0 spiro atoms. The van der Waals surface area contributed by atoms with Gasteiger partial charge in [0.15, 0.2) is 0 Å². The Morgan fingerprint density at radius 1 is 0.938 bits per heavy atom. The summed E-state index contributed by atoms with van der Waals surface area (Å²) in [5, 5.41) is 7.35. The van der Waals surface area contributed by atoms with Crippen molar-refractivity contribution >= 4 is 34.9 Å². The van der Waals surface area contributed by atoms with Crippen LogP contribution in [0.3, 0.4) is 0 Å². The molecule has 0 bridgehead atoms. The quantitative estimate of drug-likeness (QED) is 0.351. The molecule has 0 aliphatic heterocycles. The Balaban J connectivity index is 0.00000289. The van der Waals surface area contributed by atoms with Crippen molar-refractivity contribution in [1.82, 2.24) is 25.3 Å². The zero-order chi connectivity index (χ0) is 21.5. The predicted molar refractivity (Wildman–Crippen MR) is 127 cm³/mol. The number of hydrogen-bond donors (Lipinski definition) is 2. The normalized spacial score (nSPS) is 10.6. The fourth-order valence-corrected chi connectivity index (χ4v) is 2.91. The topological polar surface area (TPSA) is 94.1 Å². The van der Waals surface area contributed by atoms with Crippen LogP contribution in [-0.2, 0) is 0 Å². The van der Waals surface area contributed by atoms with Crippen LogP contribution in [-0.4, -0.2) is 39.1 Å². The van der Waals surface area contributed by atoms with Crippen molar-refractivity contribution in [3.63, 3.8) is 0 Å². The lowest BCUT2D eigenvalue weighted by Crippen LogP contribution is -2.27. The van der Waals surface area contributed by atoms with E-state index in [-0.39, 0.29) is 12.4 Å². The third-order valence-corrected chi connectivity index (χ3v) is 4.37. The fourth-order valence-electron chi connectivity index (χ4n) is 2.91. The van der Waals surface area contributed by atoms with Gasteiger partial charge in [-0.2, -0.15) is 0 Å². The summed E-state index contributed by atoms with van der Waals surface area (Å²) >= 11 is 0. The lowest BCUT2D eigenvalue weighted by molar-refractivity contribution is 0.307. The van der Waals surface area contributed by atoms with Crippen molar-refractivity contribution in [2.45, 2.75) is 19.9 Å². The summed E-state index contributed by atoms with van der Waals surface area (Å²) in [6.07, 6.45) is 4.90. The summed E-state index contributed by atoms with van der Waals surface area (Å²) in [6.45, 7) is 5.56. The molecule has 3 heterocycles. The highest BCUT2D eigenvalue weighted by molar-refractivity contribution is 5.91. The maximum Gasteiger partial charge on any atom is 0.219 e. The molecule has 0 amide bonds. The zero-order valence-corrected chi connectivity index (χ0v) is 18.7. The molecule has 0 aliphatic carbocycles. The number of anilines is 2. The summed E-state index contributed by atoms with van der Waals surface area (Å²) in [4.78, 5) is 17.3. The summed E-state index contributed by atoms with van der Waals surface area (Å²) in [5.74, 6) is 3.17. The van der Waals surface area contributed by atoms with Crippen LogP contribution < -0.4 is 20.1 Å². The summed E-state index contributed by atoms with van der Waals surface area (Å²) in [7, 11) is 0. The van der Waals surface area contributed by atoms with Gasteiger partial charge in [0.1, 0.15) is 36.1 Å². The molecule has 3 aromatic heterocycles. The summed E-state index contributed by atoms with van der Waals surface area (Å²) in [5.41, 5.74) is 0.799. The van der Waals surface area contributed by atoms with Crippen LogP contribution in [0.5, 0.6) is 17.4 Å². The van der Waals surface area contributed by atoms with Gasteiger partial charge < -0.3 is 20.1 Å². The standard InChI is InChI=1S/C23H24N6O2.ClH/c1-16(2)24-11-12-30-18-7-9-22(26-14-18)31-17-6-8-20-19(13-17)23(28-15-27-20)29-21-5-3-4-10-25-21;/h3-10,13-16,24H,11-12H2,1-2H3,(H,25,27,28,29);1H. The molecule has 166 valence electrons. The highest BCUT2D eigenvalue weighted by Gasteiger charge is 2.08. The molecule has 4 aromatic rings. The molecule has 0 unspecified atom stereocenters. The first kappa shape index (κ1) is 23.2. The second-order valence-corrected chi connectivity index (χ2v) is 7.13. The number of benzene rings is 1. The number of rotatable bonds is 9. The van der Waals surface area contributed by atoms with Gasteiger partial charge in [-0.3, -0.25) is 0 Å². The molecule has 0 atom stereocenters. The van der Waals surface area contributed by atoms with Crippen LogP contribution >= 0.6 is 12.4 Å². The highest BCUT2D eigenvalue weighted by Crippen LogP contribution is 2.28. The minimum absolute atomic E-state index is 0. The van der Waals surface area contributed by atoms with E-state index in [1.807, 2.05) is 42.5 Å². The smallest absolute Gasteiger partial charge is 0.219 e. The van der Waals surface area contributed by atoms with Crippen LogP contribution in [0.4, 0.5) is 11.6 Å². The average Bonchev–Trinajstić information content (AvgIpc) is 2.79. The third-order valence-electron chi connectivity index (χ3n) is 4.37. The molecule has 32 heavy (non-hydrogen) atoms. The molecule has 0 saturated heterocycles. The Labute approximate surface area is 192 Å². The Kier molecular flexibility index (Phi) is 8.13. The molecule has 0 aliphatic rings. The van der Waals surface area contributed by atoms with Crippen molar-refractivity contribution < 1.29 is 9.47 Å². The monoisotopic (exact) mass is 452 g/mol. The number of hydrogen-bond acceptors (Lipinski definition) is 8. The van der Waals surface area contributed by atoms with Gasteiger partial charge in [-0.1, -0.05) is 19.9 Å². The van der Waals surface area contributed by atoms with Crippen LogP contribution in [0.1, 0.15) is 13.8 Å². The molecular weight excluding hydrogens is 428 g/mol. The van der Waals surface area contributed by atoms with Crippen molar-refractivity contribution in [2.24, 2.45) is 0 Å². The van der Waals surface area contributed by atoms with Gasteiger partial charge in [0.25, 0.3) is 0 Å². The van der Waals surface area contributed by atoms with E-state index in [1.165, 1.54) is 6.33 Å². The third kappa shape index (κ3) is 6.26. The Hall–Kier alpha value is -3.49. The Morgan fingerprint density at radius 3 is 2.56 bits per heavy atom. The van der Waals surface area contributed by atoms with E-state index in [4.69, 9.17) is 9.47 Å². The number of nitrogens with one attached hydrogen (secondary N) is 2. The maximum absolute atomic E-state index is 5.93. The number of pyridine rings is 2. The van der Waals surface area contributed by atoms with Crippen LogP contribution in [0.25, 0.3) is 10.9 Å². The second-order valence-electron chi connectivity index (χ2n) is 7.13. The van der Waals surface area contributed by atoms with Crippen LogP contribution in [0, 0.1) is 0 Å². The van der Waals surface area contributed by atoms with Gasteiger partial charge in [0.2, 0.25) is 5.88 Å². The maximum atomic E-state index is 5.93. The molecule has 1 aromatic carbocycles. The first-order valence-corrected chi connectivity index (χ1v) is 10.1. The SMILES string of the molecule is CC(C)NCCOc1ccc(Oc2ccc3ncnc(Nc4ccccn4)c3c2)nc1.Cl. The largest absolute Gasteiger partial charge is 0.491 e. The van der Waals surface area contributed by atoms with Crippen LogP contribution in [0.15, 0.2) is 67.3 Å². The van der Waals surface area contributed by atoms with E-state index in [0.29, 0.717) is 41.7 Å². The molecule has 4 rings (SSSR count). The highest BCUT2D eigenvalue weighted by atomic mass is 35.5. The predicted octanol–water partition coefficient (Wildman–Crippen LogP) is 4.75. The summed E-state index contributed by atoms with van der Waals surface area (Å²) < 4.78 is 11.6. The Morgan fingerprint density at radius 2 is 1.81 bits per heavy atom. The average molecular weight is 453 g/mol. The van der Waals surface area contributed by atoms with Crippen molar-refractivity contribution in [2.75, 3.05) is 18.5 Å². The minimum Gasteiger partial charge on any atom is -0.491 e. The molecule has 0 fully saturated rings. The van der Waals surface area contributed by atoms with Gasteiger partial charge in [-0.15, -0.1) is 12.4 Å². The van der Waals surface area contributed by atoms with Gasteiger partial charge in [0, 0.05) is 30.2 Å². The van der Waals surface area contributed by atoms with Gasteiger partial charge in [-0.05, 0) is 36.4 Å². The lowest BCUT2D eigenvalue weighted by Gasteiger charge is -2.11. The summed E-state index contributed by atoms with van der Waals surface area (Å²) in [6, 6.07) is 15.3. The molecule has 0 saturated carbocycles. The van der Waals surface area contributed by atoms with Crippen LogP contribution in [0.2, 0.25) is 0 Å². The van der Waals surface area contributed by atoms with E-state index in [1.54, 1.807) is 18.5 Å². The first-order valence-electron chi connectivity index (χ1n) is 10.1. The van der Waals surface area contributed by atoms with E-state index >= 15 is 0 Å². The molecule has 2 N–H and O–H groups in total. The zero-order valence-electron chi connectivity index (χ0n) is 17.9. The van der Waals surface area contributed by atoms with Crippen molar-refractivity contribution in [1.29, 1.82) is 0 Å². The van der Waals surface area contributed by atoms with Gasteiger partial charge in [0.05, 0.1) is 11.7 Å². The molecule has 8 nitrogen and oxygen atoms in total. The lowest BCUT2D eigenvalue weighted by atomic mass is 10.2. The van der Waals surface area contributed by atoms with E-state index < -0.39 is 0 Å². The number of fused-ring (bicyclic) bond motifs is 1. The molecule has 9 heteroatoms. The molecular formula is C23H25ClN6O2. The first-order chi connectivity index (χ1) is 15.2. The second kappa shape index (κ2) is 11.2. The Bertz CT molecular complexity index is 1130. The number of nitrogens with zero attached hydrogens (tertiary/aromatic N) is 4. The van der Waals surface area contributed by atoms with E-state index in [2.05, 4.69) is 44.4 Å². The van der Waals surface area contributed by atoms with E-state index in [0.717, 1.165) is 17.4 Å². The van der Waals surface area contributed by atoms with E-state index in [9.17, 15) is 0 Å². The van der Waals surface area contributed by atoms with Crippen molar-refractivity contribution in [3.8, 4) is 17.4 Å². The van der Waals surface area contributed by atoms with Crippen molar-refractivity contribution in [3.05, 3.63) is 67.3 Å². The fraction of sp³-hybridized carbons (Fsp3) is 0.217. The number of halogens is 1. The number of aromatic nitrogens is 4. The minimum atomic E-state index is 0. The molecule has 0 radical (unpaired) electrons. The van der Waals surface area contributed by atoms with Gasteiger partial charge in [-0.25, -0.2) is 19.9 Å². The number of ether oxygens (including phenoxy) is 2.